The van der Waals surface area contributed by atoms with Gasteiger partial charge < -0.3 is 9.47 Å². The van der Waals surface area contributed by atoms with Gasteiger partial charge >= 0.3 is 5.97 Å². The molecule has 0 aliphatic heterocycles. The van der Waals surface area contributed by atoms with Gasteiger partial charge in [0.25, 0.3) is 5.92 Å². The Morgan fingerprint density at radius 3 is 2.62 bits per heavy atom. The standard InChI is InChI=1S/C14H12F2N2O3/c1-14(15,16)10-5-6-11(13(19)20-2)18-12(10)21-9-4-3-7-17-8-9/h3-8H,1-2H3. The molecule has 0 amide bonds. The van der Waals surface area contributed by atoms with E-state index in [0.29, 0.717) is 0 Å². The van der Waals surface area contributed by atoms with Crippen LogP contribution in [0, 0.1) is 0 Å². The van der Waals surface area contributed by atoms with Crippen LogP contribution in [0.5, 0.6) is 11.6 Å². The van der Waals surface area contributed by atoms with Gasteiger partial charge in [-0.25, -0.2) is 18.6 Å². The van der Waals surface area contributed by atoms with E-state index in [1.54, 1.807) is 6.07 Å². The lowest BCUT2D eigenvalue weighted by Gasteiger charge is -2.15. The normalized spacial score (nSPS) is 11.0. The van der Waals surface area contributed by atoms with Gasteiger partial charge in [0.2, 0.25) is 5.88 Å². The molecule has 0 radical (unpaired) electrons. The van der Waals surface area contributed by atoms with Crippen molar-refractivity contribution in [3.8, 4) is 11.6 Å². The first-order valence-electron chi connectivity index (χ1n) is 5.97. The summed E-state index contributed by atoms with van der Waals surface area (Å²) in [6, 6.07) is 5.37. The molecule has 0 saturated heterocycles. The molecule has 0 aromatic carbocycles. The predicted octanol–water partition coefficient (Wildman–Crippen LogP) is 3.17. The highest BCUT2D eigenvalue weighted by Gasteiger charge is 2.31. The molecular formula is C14H12F2N2O3. The number of rotatable bonds is 4. The third-order valence-electron chi connectivity index (χ3n) is 2.58. The summed E-state index contributed by atoms with van der Waals surface area (Å²) in [5.74, 6) is -4.04. The van der Waals surface area contributed by atoms with Crippen molar-refractivity contribution in [3.05, 3.63) is 47.9 Å². The fourth-order valence-electron chi connectivity index (χ4n) is 1.59. The maximum atomic E-state index is 13.6. The zero-order chi connectivity index (χ0) is 15.5. The van der Waals surface area contributed by atoms with E-state index in [1.807, 2.05) is 0 Å². The fraction of sp³-hybridized carbons (Fsp3) is 0.214. The second-order valence-corrected chi connectivity index (χ2v) is 4.22. The Bertz CT molecular complexity index is 642. The largest absolute Gasteiger partial charge is 0.464 e. The molecule has 2 aromatic rings. The quantitative estimate of drug-likeness (QED) is 0.810. The zero-order valence-electron chi connectivity index (χ0n) is 11.3. The maximum Gasteiger partial charge on any atom is 0.356 e. The lowest BCUT2D eigenvalue weighted by Crippen LogP contribution is -2.13. The summed E-state index contributed by atoms with van der Waals surface area (Å²) < 4.78 is 37.0. The van der Waals surface area contributed by atoms with Crippen LogP contribution in [0.1, 0.15) is 23.0 Å². The van der Waals surface area contributed by atoms with Crippen LogP contribution in [-0.4, -0.2) is 23.0 Å². The number of carbonyl (C=O) groups is 1. The van der Waals surface area contributed by atoms with Crippen molar-refractivity contribution >= 4 is 5.97 Å². The van der Waals surface area contributed by atoms with Gasteiger partial charge in [0, 0.05) is 13.1 Å². The van der Waals surface area contributed by atoms with Crippen molar-refractivity contribution in [3.63, 3.8) is 0 Å². The van der Waals surface area contributed by atoms with Gasteiger partial charge in [0.15, 0.2) is 5.69 Å². The lowest BCUT2D eigenvalue weighted by atomic mass is 10.1. The lowest BCUT2D eigenvalue weighted by molar-refractivity contribution is 0.0147. The van der Waals surface area contributed by atoms with Gasteiger partial charge in [0.05, 0.1) is 18.9 Å². The molecule has 0 atom stereocenters. The van der Waals surface area contributed by atoms with E-state index in [0.717, 1.165) is 19.1 Å². The number of hydrogen-bond acceptors (Lipinski definition) is 5. The average Bonchev–Trinajstić information content (AvgIpc) is 2.46. The highest BCUT2D eigenvalue weighted by Crippen LogP contribution is 2.35. The Balaban J connectivity index is 2.46. The first-order chi connectivity index (χ1) is 9.91. The highest BCUT2D eigenvalue weighted by atomic mass is 19.3. The Kier molecular flexibility index (Phi) is 4.11. The third-order valence-corrected chi connectivity index (χ3v) is 2.58. The van der Waals surface area contributed by atoms with Crippen molar-refractivity contribution in [1.29, 1.82) is 0 Å². The molecule has 2 rings (SSSR count). The number of methoxy groups -OCH3 is 1. The molecule has 0 unspecified atom stereocenters. The molecule has 0 spiro atoms. The second kappa shape index (κ2) is 5.82. The van der Waals surface area contributed by atoms with Gasteiger partial charge in [-0.1, -0.05) is 0 Å². The van der Waals surface area contributed by atoms with Crippen LogP contribution in [0.15, 0.2) is 36.7 Å². The second-order valence-electron chi connectivity index (χ2n) is 4.22. The number of carbonyl (C=O) groups excluding carboxylic acids is 1. The molecule has 5 nitrogen and oxygen atoms in total. The molecular weight excluding hydrogens is 282 g/mol. The van der Waals surface area contributed by atoms with Crippen molar-refractivity contribution in [2.75, 3.05) is 7.11 Å². The molecule has 0 aliphatic carbocycles. The highest BCUT2D eigenvalue weighted by molar-refractivity contribution is 5.87. The van der Waals surface area contributed by atoms with E-state index in [-0.39, 0.29) is 17.3 Å². The minimum Gasteiger partial charge on any atom is -0.464 e. The van der Waals surface area contributed by atoms with E-state index in [4.69, 9.17) is 4.74 Å². The number of ether oxygens (including phenoxy) is 2. The molecule has 0 aliphatic rings. The van der Waals surface area contributed by atoms with E-state index in [2.05, 4.69) is 14.7 Å². The topological polar surface area (TPSA) is 61.3 Å². The first-order valence-corrected chi connectivity index (χ1v) is 5.97. The maximum absolute atomic E-state index is 13.6. The smallest absolute Gasteiger partial charge is 0.356 e. The van der Waals surface area contributed by atoms with Crippen LogP contribution in [0.25, 0.3) is 0 Å². The van der Waals surface area contributed by atoms with Crippen molar-refractivity contribution < 1.29 is 23.0 Å². The van der Waals surface area contributed by atoms with Crippen LogP contribution >= 0.6 is 0 Å². The minimum absolute atomic E-state index is 0.121. The van der Waals surface area contributed by atoms with Crippen molar-refractivity contribution in [2.45, 2.75) is 12.8 Å². The molecule has 0 bridgehead atoms. The van der Waals surface area contributed by atoms with Crippen LogP contribution in [0.2, 0.25) is 0 Å². The average molecular weight is 294 g/mol. The number of pyridine rings is 2. The first kappa shape index (κ1) is 14.8. The SMILES string of the molecule is COC(=O)c1ccc(C(C)(F)F)c(Oc2cccnc2)n1. The van der Waals surface area contributed by atoms with E-state index in [1.165, 1.54) is 25.6 Å². The number of aromatic nitrogens is 2. The van der Waals surface area contributed by atoms with Crippen molar-refractivity contribution in [1.82, 2.24) is 9.97 Å². The summed E-state index contributed by atoms with van der Waals surface area (Å²) in [4.78, 5) is 19.1. The van der Waals surface area contributed by atoms with Gasteiger partial charge in [0.1, 0.15) is 5.75 Å². The number of halogens is 2. The fourth-order valence-corrected chi connectivity index (χ4v) is 1.59. The van der Waals surface area contributed by atoms with Crippen LogP contribution in [-0.2, 0) is 10.7 Å². The molecule has 0 N–H and O–H groups in total. The van der Waals surface area contributed by atoms with Gasteiger partial charge in [-0.15, -0.1) is 0 Å². The number of alkyl halides is 2. The van der Waals surface area contributed by atoms with Crippen molar-refractivity contribution in [2.24, 2.45) is 0 Å². The van der Waals surface area contributed by atoms with Crippen LogP contribution in [0.4, 0.5) is 8.78 Å². The Morgan fingerprint density at radius 1 is 1.29 bits per heavy atom. The summed E-state index contributed by atoms with van der Waals surface area (Å²) in [6.45, 7) is 0.720. The monoisotopic (exact) mass is 294 g/mol. The number of hydrogen-bond donors (Lipinski definition) is 0. The summed E-state index contributed by atoms with van der Waals surface area (Å²) in [5.41, 5.74) is -0.552. The van der Waals surface area contributed by atoms with E-state index in [9.17, 15) is 13.6 Å². The molecule has 0 saturated carbocycles. The summed E-state index contributed by atoms with van der Waals surface area (Å²) in [5, 5.41) is 0. The third kappa shape index (κ3) is 3.50. The van der Waals surface area contributed by atoms with E-state index < -0.39 is 17.5 Å². The summed E-state index contributed by atoms with van der Waals surface area (Å²) >= 11 is 0. The summed E-state index contributed by atoms with van der Waals surface area (Å²) in [6.07, 6.45) is 2.87. The molecule has 110 valence electrons. The summed E-state index contributed by atoms with van der Waals surface area (Å²) in [7, 11) is 1.17. The zero-order valence-corrected chi connectivity index (χ0v) is 11.3. The molecule has 21 heavy (non-hydrogen) atoms. The minimum atomic E-state index is -3.17. The van der Waals surface area contributed by atoms with E-state index >= 15 is 0 Å². The van der Waals surface area contributed by atoms with Gasteiger partial charge in [-0.2, -0.15) is 0 Å². The predicted molar refractivity (Wildman–Crippen MR) is 69.5 cm³/mol. The molecule has 2 aromatic heterocycles. The Morgan fingerprint density at radius 2 is 2.05 bits per heavy atom. The Labute approximate surface area is 119 Å². The molecule has 0 fully saturated rings. The molecule has 2 heterocycles. The number of nitrogens with zero attached hydrogens (tertiary/aromatic N) is 2. The number of esters is 1. The van der Waals surface area contributed by atoms with Crippen LogP contribution < -0.4 is 4.74 Å². The van der Waals surface area contributed by atoms with Gasteiger partial charge in [-0.3, -0.25) is 4.98 Å². The van der Waals surface area contributed by atoms with Crippen LogP contribution in [0.3, 0.4) is 0 Å². The van der Waals surface area contributed by atoms with Gasteiger partial charge in [-0.05, 0) is 24.3 Å². The Hall–Kier alpha value is -2.57. The molecule has 7 heteroatoms.